The molecule has 2 heterocycles. The number of fused-ring (bicyclic) bond motifs is 1. The average Bonchev–Trinajstić information content (AvgIpc) is 3.16. The number of hydrogen-bond acceptors (Lipinski definition) is 5. The van der Waals surface area contributed by atoms with Gasteiger partial charge in [0.2, 0.25) is 0 Å². The molecular formula is C22H27FN4S. The summed E-state index contributed by atoms with van der Waals surface area (Å²) in [7, 11) is 2.20. The summed E-state index contributed by atoms with van der Waals surface area (Å²) < 4.78 is 22.4. The van der Waals surface area contributed by atoms with E-state index in [-0.39, 0.29) is 5.82 Å². The lowest BCUT2D eigenvalue weighted by atomic mass is 9.95. The topological polar surface area (TPSA) is 32.3 Å². The van der Waals surface area contributed by atoms with Gasteiger partial charge < -0.3 is 9.80 Å². The van der Waals surface area contributed by atoms with Crippen LogP contribution in [0.2, 0.25) is 0 Å². The minimum absolute atomic E-state index is 0.0781. The van der Waals surface area contributed by atoms with Crippen molar-refractivity contribution in [3.63, 3.8) is 0 Å². The van der Waals surface area contributed by atoms with Crippen molar-refractivity contribution in [3.05, 3.63) is 59.4 Å². The molecule has 0 amide bonds. The van der Waals surface area contributed by atoms with E-state index in [2.05, 4.69) is 43.8 Å². The van der Waals surface area contributed by atoms with Crippen LogP contribution in [0.25, 0.3) is 11.0 Å². The predicted octanol–water partition coefficient (Wildman–Crippen LogP) is 4.22. The zero-order chi connectivity index (χ0) is 19.3. The number of rotatable bonds is 7. The highest BCUT2D eigenvalue weighted by Crippen LogP contribution is 2.20. The average molecular weight is 399 g/mol. The molecule has 1 aromatic heterocycles. The van der Waals surface area contributed by atoms with Gasteiger partial charge in [-0.05, 0) is 74.6 Å². The maximum atomic E-state index is 13.8. The molecule has 1 fully saturated rings. The number of aromatic nitrogens is 2. The highest BCUT2D eigenvalue weighted by molar-refractivity contribution is 7.00. The molecule has 1 aliphatic heterocycles. The van der Waals surface area contributed by atoms with E-state index in [0.29, 0.717) is 0 Å². The normalized spacial score (nSPS) is 16.2. The maximum absolute atomic E-state index is 13.8. The van der Waals surface area contributed by atoms with E-state index in [0.717, 1.165) is 61.7 Å². The van der Waals surface area contributed by atoms with Gasteiger partial charge in [0.1, 0.15) is 16.9 Å². The molecule has 4 nitrogen and oxygen atoms in total. The molecule has 28 heavy (non-hydrogen) atoms. The molecule has 3 aromatic rings. The van der Waals surface area contributed by atoms with Crippen LogP contribution in [0, 0.1) is 11.7 Å². The Labute approximate surface area is 170 Å². The maximum Gasteiger partial charge on any atom is 0.126 e. The van der Waals surface area contributed by atoms with Crippen LogP contribution in [0.15, 0.2) is 42.5 Å². The lowest BCUT2D eigenvalue weighted by molar-refractivity contribution is 0.153. The van der Waals surface area contributed by atoms with Gasteiger partial charge >= 0.3 is 0 Å². The Hall–Kier alpha value is -1.89. The number of benzene rings is 2. The second kappa shape index (κ2) is 9.07. The van der Waals surface area contributed by atoms with Crippen LogP contribution in [0.5, 0.6) is 0 Å². The summed E-state index contributed by atoms with van der Waals surface area (Å²) in [5.41, 5.74) is 4.11. The highest BCUT2D eigenvalue weighted by atomic mass is 32.1. The summed E-state index contributed by atoms with van der Waals surface area (Å²) >= 11 is 1.27. The molecule has 0 atom stereocenters. The van der Waals surface area contributed by atoms with Gasteiger partial charge in [0.25, 0.3) is 0 Å². The van der Waals surface area contributed by atoms with Gasteiger partial charge in [-0.3, -0.25) is 0 Å². The van der Waals surface area contributed by atoms with Crippen molar-refractivity contribution in [3.8, 4) is 0 Å². The molecule has 1 saturated heterocycles. The Morgan fingerprint density at radius 2 is 1.89 bits per heavy atom. The largest absolute Gasteiger partial charge is 0.303 e. The number of nitrogens with zero attached hydrogens (tertiary/aromatic N) is 4. The first kappa shape index (κ1) is 19.4. The lowest BCUT2D eigenvalue weighted by Gasteiger charge is -2.34. The van der Waals surface area contributed by atoms with Crippen LogP contribution < -0.4 is 0 Å². The smallest absolute Gasteiger partial charge is 0.126 e. The lowest BCUT2D eigenvalue weighted by Crippen LogP contribution is -2.38. The van der Waals surface area contributed by atoms with E-state index < -0.39 is 0 Å². The first-order valence-corrected chi connectivity index (χ1v) is 10.8. The molecule has 0 radical (unpaired) electrons. The monoisotopic (exact) mass is 398 g/mol. The van der Waals surface area contributed by atoms with E-state index in [9.17, 15) is 4.39 Å². The highest BCUT2D eigenvalue weighted by Gasteiger charge is 2.20. The molecule has 0 spiro atoms. The van der Waals surface area contributed by atoms with Crippen LogP contribution in [-0.2, 0) is 13.0 Å². The first-order valence-electron chi connectivity index (χ1n) is 10.0. The third-order valence-corrected chi connectivity index (χ3v) is 6.26. The summed E-state index contributed by atoms with van der Waals surface area (Å²) in [6.07, 6.45) is 3.23. The molecule has 4 rings (SSSR count). The van der Waals surface area contributed by atoms with Gasteiger partial charge in [0, 0.05) is 19.6 Å². The van der Waals surface area contributed by atoms with E-state index in [1.54, 1.807) is 12.1 Å². The molecule has 0 N–H and O–H groups in total. The second-order valence-electron chi connectivity index (χ2n) is 7.91. The van der Waals surface area contributed by atoms with Crippen LogP contribution in [0.3, 0.4) is 0 Å². The molecule has 148 valence electrons. The van der Waals surface area contributed by atoms with Crippen molar-refractivity contribution in [2.24, 2.45) is 5.92 Å². The van der Waals surface area contributed by atoms with Crippen molar-refractivity contribution in [1.29, 1.82) is 0 Å². The molecule has 6 heteroatoms. The van der Waals surface area contributed by atoms with Crippen molar-refractivity contribution in [1.82, 2.24) is 18.5 Å². The second-order valence-corrected chi connectivity index (χ2v) is 8.44. The number of likely N-dealkylation sites (tertiary alicyclic amines) is 1. The number of halogens is 1. The minimum Gasteiger partial charge on any atom is -0.303 e. The zero-order valence-corrected chi connectivity index (χ0v) is 17.2. The fraction of sp³-hybridized carbons (Fsp3) is 0.455. The molecule has 0 aliphatic carbocycles. The Morgan fingerprint density at radius 3 is 2.71 bits per heavy atom. The van der Waals surface area contributed by atoms with Crippen LogP contribution in [-0.4, -0.2) is 51.8 Å². The summed E-state index contributed by atoms with van der Waals surface area (Å²) in [5.74, 6) is 0.657. The van der Waals surface area contributed by atoms with Crippen LogP contribution in [0.4, 0.5) is 4.39 Å². The third-order valence-electron chi connectivity index (χ3n) is 5.70. The van der Waals surface area contributed by atoms with Gasteiger partial charge in [-0.1, -0.05) is 24.3 Å². The summed E-state index contributed by atoms with van der Waals surface area (Å²) in [4.78, 5) is 4.90. The minimum atomic E-state index is -0.0781. The molecule has 1 aliphatic rings. The van der Waals surface area contributed by atoms with Crippen molar-refractivity contribution in [2.45, 2.75) is 25.8 Å². The predicted molar refractivity (Wildman–Crippen MR) is 113 cm³/mol. The Bertz CT molecular complexity index is 904. The van der Waals surface area contributed by atoms with Gasteiger partial charge in [0.15, 0.2) is 0 Å². The third kappa shape index (κ3) is 4.93. The standard InChI is InChI=1S/C22H27FN4S/c1-26(16-18-6-7-21-22(14-18)25-28-24-21)15-17-8-11-27(12-9-17)13-10-19-4-2-3-5-20(19)23/h2-7,14,17H,8-13,15-16H2,1H3. The number of piperidine rings is 1. The summed E-state index contributed by atoms with van der Waals surface area (Å²) in [6.45, 7) is 5.24. The first-order chi connectivity index (χ1) is 13.7. The number of hydrogen-bond donors (Lipinski definition) is 0. The fourth-order valence-corrected chi connectivity index (χ4v) is 4.63. The van der Waals surface area contributed by atoms with Crippen LogP contribution in [0.1, 0.15) is 24.0 Å². The van der Waals surface area contributed by atoms with Crippen molar-refractivity contribution >= 4 is 22.8 Å². The van der Waals surface area contributed by atoms with Gasteiger partial charge in [-0.15, -0.1) is 0 Å². The van der Waals surface area contributed by atoms with Gasteiger partial charge in [-0.2, -0.15) is 8.75 Å². The van der Waals surface area contributed by atoms with E-state index in [4.69, 9.17) is 0 Å². The van der Waals surface area contributed by atoms with E-state index in [1.807, 2.05) is 12.1 Å². The molecule has 0 unspecified atom stereocenters. The van der Waals surface area contributed by atoms with Gasteiger partial charge in [0.05, 0.1) is 11.7 Å². The Kier molecular flexibility index (Phi) is 6.29. The van der Waals surface area contributed by atoms with Crippen LogP contribution >= 0.6 is 11.7 Å². The molecular weight excluding hydrogens is 371 g/mol. The Balaban J connectivity index is 1.21. The SMILES string of the molecule is CN(Cc1ccc2nsnc2c1)CC1CCN(CCc2ccccc2F)CC1. The quantitative estimate of drug-likeness (QED) is 0.597. The van der Waals surface area contributed by atoms with E-state index >= 15 is 0 Å². The fourth-order valence-electron chi connectivity index (χ4n) is 4.12. The van der Waals surface area contributed by atoms with Crippen molar-refractivity contribution in [2.75, 3.05) is 33.2 Å². The van der Waals surface area contributed by atoms with E-state index in [1.165, 1.54) is 30.1 Å². The summed E-state index contributed by atoms with van der Waals surface area (Å²) in [6, 6.07) is 13.5. The Morgan fingerprint density at radius 1 is 1.11 bits per heavy atom. The molecule has 0 saturated carbocycles. The zero-order valence-electron chi connectivity index (χ0n) is 16.4. The molecule has 0 bridgehead atoms. The van der Waals surface area contributed by atoms with Crippen molar-refractivity contribution < 1.29 is 4.39 Å². The molecule has 2 aromatic carbocycles. The summed E-state index contributed by atoms with van der Waals surface area (Å²) in [5, 5.41) is 0. The van der Waals surface area contributed by atoms with Gasteiger partial charge in [-0.25, -0.2) is 4.39 Å².